The number of halogens is 1. The molecule has 0 heterocycles. The highest BCUT2D eigenvalue weighted by Gasteiger charge is 2.15. The van der Waals surface area contributed by atoms with Gasteiger partial charge in [-0.2, -0.15) is 0 Å². The molecule has 0 saturated heterocycles. The second-order valence-corrected chi connectivity index (χ2v) is 7.56. The third kappa shape index (κ3) is 5.62. The van der Waals surface area contributed by atoms with E-state index in [4.69, 9.17) is 0 Å². The number of hydrogen-bond acceptors (Lipinski definition) is 4. The van der Waals surface area contributed by atoms with E-state index >= 15 is 0 Å². The molecule has 8 heteroatoms. The largest absolute Gasteiger partial charge is 0.322 e. The van der Waals surface area contributed by atoms with Crippen molar-refractivity contribution < 1.29 is 17.6 Å². The van der Waals surface area contributed by atoms with Gasteiger partial charge in [-0.3, -0.25) is 4.79 Å². The monoisotopic (exact) mass is 379 g/mol. The summed E-state index contributed by atoms with van der Waals surface area (Å²) in [5, 5.41) is 5.76. The fourth-order valence-corrected chi connectivity index (χ4v) is 3.39. The molecule has 0 spiro atoms. The molecule has 0 saturated carbocycles. The molecular weight excluding hydrogens is 357 g/mol. The number of nitrogens with one attached hydrogen (secondary N) is 3. The zero-order valence-electron chi connectivity index (χ0n) is 14.6. The van der Waals surface area contributed by atoms with Crippen molar-refractivity contribution in [3.8, 4) is 0 Å². The fourth-order valence-electron chi connectivity index (χ4n) is 2.26. The Morgan fingerprint density at radius 2 is 1.69 bits per heavy atom. The number of benzene rings is 2. The van der Waals surface area contributed by atoms with E-state index in [-0.39, 0.29) is 17.5 Å². The molecule has 3 N–H and O–H groups in total. The minimum absolute atomic E-state index is 0.0176. The number of carbonyl (C=O) groups excluding carboxylic acids is 1. The lowest BCUT2D eigenvalue weighted by Gasteiger charge is -2.14. The molecule has 0 aliphatic carbocycles. The van der Waals surface area contributed by atoms with Crippen molar-refractivity contribution in [2.24, 2.45) is 0 Å². The number of anilines is 1. The molecule has 6 nitrogen and oxygen atoms in total. The van der Waals surface area contributed by atoms with Gasteiger partial charge in [0.1, 0.15) is 5.82 Å². The van der Waals surface area contributed by atoms with Crippen LogP contribution in [0.5, 0.6) is 0 Å². The zero-order valence-corrected chi connectivity index (χ0v) is 15.4. The predicted octanol–water partition coefficient (Wildman–Crippen LogP) is 2.35. The molecule has 0 aromatic heterocycles. The Labute approximate surface area is 152 Å². The summed E-state index contributed by atoms with van der Waals surface area (Å²) in [6.45, 7) is 4.87. The number of amides is 1. The van der Waals surface area contributed by atoms with E-state index in [0.717, 1.165) is 6.54 Å². The number of likely N-dealkylation sites (N-methyl/N-ethyl adjacent to an activating group) is 1. The van der Waals surface area contributed by atoms with Crippen molar-refractivity contribution in [2.75, 3.05) is 18.4 Å². The van der Waals surface area contributed by atoms with Crippen LogP contribution in [0.15, 0.2) is 53.4 Å². The van der Waals surface area contributed by atoms with Crippen LogP contribution < -0.4 is 15.4 Å². The average molecular weight is 379 g/mol. The molecule has 0 aliphatic heterocycles. The Balaban J connectivity index is 2.00. The number of rotatable bonds is 8. The molecule has 0 aliphatic rings. The first-order chi connectivity index (χ1) is 12.3. The molecule has 2 aromatic carbocycles. The molecule has 2 rings (SSSR count). The minimum atomic E-state index is -3.62. The Kier molecular flexibility index (Phi) is 6.84. The Bertz CT molecular complexity index is 837. The third-order valence-electron chi connectivity index (χ3n) is 3.66. The summed E-state index contributed by atoms with van der Waals surface area (Å²) in [6.07, 6.45) is 0. The first-order valence-corrected chi connectivity index (χ1v) is 9.70. The number of hydrogen-bond donors (Lipinski definition) is 3. The highest BCUT2D eigenvalue weighted by molar-refractivity contribution is 7.89. The van der Waals surface area contributed by atoms with Crippen molar-refractivity contribution in [3.05, 3.63) is 59.9 Å². The molecule has 2 aromatic rings. The van der Waals surface area contributed by atoms with E-state index in [2.05, 4.69) is 15.4 Å². The first kappa shape index (κ1) is 20.0. The normalized spacial score (nSPS) is 12.6. The van der Waals surface area contributed by atoms with Gasteiger partial charge in [-0.1, -0.05) is 6.92 Å². The molecule has 0 radical (unpaired) electrons. The summed E-state index contributed by atoms with van der Waals surface area (Å²) in [5.74, 6) is -0.828. The van der Waals surface area contributed by atoms with Crippen LogP contribution in [0.3, 0.4) is 0 Å². The number of sulfonamides is 1. The van der Waals surface area contributed by atoms with E-state index in [1.54, 1.807) is 0 Å². The first-order valence-electron chi connectivity index (χ1n) is 8.22. The lowest BCUT2D eigenvalue weighted by molar-refractivity contribution is 0.102. The lowest BCUT2D eigenvalue weighted by atomic mass is 10.2. The summed E-state index contributed by atoms with van der Waals surface area (Å²) in [6, 6.07) is 11.0. The smallest absolute Gasteiger partial charge is 0.255 e. The van der Waals surface area contributed by atoms with Crippen molar-refractivity contribution in [1.82, 2.24) is 10.0 Å². The van der Waals surface area contributed by atoms with Gasteiger partial charge in [-0.15, -0.1) is 0 Å². The van der Waals surface area contributed by atoms with Crippen molar-refractivity contribution in [3.63, 3.8) is 0 Å². The third-order valence-corrected chi connectivity index (χ3v) is 5.10. The molecular formula is C18H22FN3O3S. The molecule has 140 valence electrons. The summed E-state index contributed by atoms with van der Waals surface area (Å²) >= 11 is 0. The number of carbonyl (C=O) groups is 1. The van der Waals surface area contributed by atoms with Gasteiger partial charge < -0.3 is 10.6 Å². The second-order valence-electron chi connectivity index (χ2n) is 5.80. The SMILES string of the molecule is CCN[C@H](C)CNS(=O)(=O)c1ccc(NC(=O)c2ccc(F)cc2)cc1. The Morgan fingerprint density at radius 3 is 2.27 bits per heavy atom. The van der Waals surface area contributed by atoms with Crippen molar-refractivity contribution in [2.45, 2.75) is 24.8 Å². The van der Waals surface area contributed by atoms with Crippen molar-refractivity contribution in [1.29, 1.82) is 0 Å². The summed E-state index contributed by atoms with van der Waals surface area (Å²) < 4.78 is 40.0. The van der Waals surface area contributed by atoms with Crippen LogP contribution in [0.2, 0.25) is 0 Å². The van der Waals surface area contributed by atoms with Crippen LogP contribution in [0.4, 0.5) is 10.1 Å². The quantitative estimate of drug-likeness (QED) is 0.657. The highest BCUT2D eigenvalue weighted by atomic mass is 32.2. The van der Waals surface area contributed by atoms with Gasteiger partial charge in [0.15, 0.2) is 0 Å². The van der Waals surface area contributed by atoms with E-state index in [9.17, 15) is 17.6 Å². The Hall–Kier alpha value is -2.29. The maximum atomic E-state index is 12.9. The summed E-state index contributed by atoms with van der Waals surface area (Å²) in [5.41, 5.74) is 0.751. The molecule has 0 unspecified atom stereocenters. The maximum Gasteiger partial charge on any atom is 0.255 e. The fraction of sp³-hybridized carbons (Fsp3) is 0.278. The van der Waals surface area contributed by atoms with Gasteiger partial charge in [-0.25, -0.2) is 17.5 Å². The second kappa shape index (κ2) is 8.88. The van der Waals surface area contributed by atoms with Gasteiger partial charge in [0.2, 0.25) is 10.0 Å². The van der Waals surface area contributed by atoms with Crippen LogP contribution in [-0.4, -0.2) is 33.5 Å². The van der Waals surface area contributed by atoms with E-state index in [1.165, 1.54) is 48.5 Å². The van der Waals surface area contributed by atoms with Crippen LogP contribution in [0.1, 0.15) is 24.2 Å². The van der Waals surface area contributed by atoms with Crippen LogP contribution >= 0.6 is 0 Å². The van der Waals surface area contributed by atoms with Crippen molar-refractivity contribution >= 4 is 21.6 Å². The average Bonchev–Trinajstić information content (AvgIpc) is 2.61. The zero-order chi connectivity index (χ0) is 19.2. The maximum absolute atomic E-state index is 12.9. The topological polar surface area (TPSA) is 87.3 Å². The van der Waals surface area contributed by atoms with Crippen LogP contribution in [-0.2, 0) is 10.0 Å². The highest BCUT2D eigenvalue weighted by Crippen LogP contribution is 2.15. The van der Waals surface area contributed by atoms with Crippen LogP contribution in [0, 0.1) is 5.82 Å². The van der Waals surface area contributed by atoms with Gasteiger partial charge in [0.05, 0.1) is 4.90 Å². The molecule has 1 amide bonds. The van der Waals surface area contributed by atoms with Gasteiger partial charge in [-0.05, 0) is 62.0 Å². The molecule has 26 heavy (non-hydrogen) atoms. The summed E-state index contributed by atoms with van der Waals surface area (Å²) in [7, 11) is -3.62. The van der Waals surface area contributed by atoms with Gasteiger partial charge >= 0.3 is 0 Å². The Morgan fingerprint density at radius 1 is 1.08 bits per heavy atom. The lowest BCUT2D eigenvalue weighted by Crippen LogP contribution is -2.38. The predicted molar refractivity (Wildman–Crippen MR) is 99.1 cm³/mol. The standard InChI is InChI=1S/C18H22FN3O3S/c1-3-20-13(2)12-21-26(24,25)17-10-8-16(9-11-17)22-18(23)14-4-6-15(19)7-5-14/h4-11,13,20-21H,3,12H2,1-2H3,(H,22,23)/t13-/m1/s1. The van der Waals surface area contributed by atoms with E-state index in [0.29, 0.717) is 11.3 Å². The van der Waals surface area contributed by atoms with Crippen LogP contribution in [0.25, 0.3) is 0 Å². The van der Waals surface area contributed by atoms with Gasteiger partial charge in [0, 0.05) is 23.8 Å². The molecule has 1 atom stereocenters. The van der Waals surface area contributed by atoms with E-state index < -0.39 is 21.7 Å². The molecule has 0 bridgehead atoms. The van der Waals surface area contributed by atoms with Gasteiger partial charge in [0.25, 0.3) is 5.91 Å². The minimum Gasteiger partial charge on any atom is -0.322 e. The summed E-state index contributed by atoms with van der Waals surface area (Å²) in [4.78, 5) is 12.2. The van der Waals surface area contributed by atoms with E-state index in [1.807, 2.05) is 13.8 Å². The molecule has 0 fully saturated rings.